The minimum atomic E-state index is -0.183. The number of hydrogen-bond acceptors (Lipinski definition) is 6. The molecular weight excluding hydrogens is 463 g/mol. The third-order valence-electron chi connectivity index (χ3n) is 6.77. The maximum atomic E-state index is 12.9. The van der Waals surface area contributed by atoms with Gasteiger partial charge in [0.2, 0.25) is 5.95 Å². The van der Waals surface area contributed by atoms with Crippen LogP contribution in [0.5, 0.6) is 0 Å². The van der Waals surface area contributed by atoms with E-state index in [4.69, 9.17) is 27.9 Å². The topological polar surface area (TPSA) is 88.1 Å². The minimum absolute atomic E-state index is 0.183. The van der Waals surface area contributed by atoms with Crippen molar-refractivity contribution in [2.24, 2.45) is 11.8 Å². The number of aromatic amines is 1. The Morgan fingerprint density at radius 2 is 1.91 bits per heavy atom. The molecule has 3 aromatic rings. The summed E-state index contributed by atoms with van der Waals surface area (Å²) in [6.45, 7) is 6.04. The standard InChI is InChI=1S/C23H28Cl2N6O2/c24-18-5-4-15(10-19(18)25)11-26-23-28-21-20(22(32)29-23)31(14-27-21)13-17-3-1-2-16(17)12-30-6-8-33-9-7-30/h4-5,10,14,16-17H,1-3,6-9,11-13H2,(H2,26,28,29,32). The highest BCUT2D eigenvalue weighted by Gasteiger charge is 2.30. The Balaban J connectivity index is 1.27. The molecule has 8 nitrogen and oxygen atoms in total. The smallest absolute Gasteiger partial charge is 0.278 e. The molecule has 3 heterocycles. The van der Waals surface area contributed by atoms with Crippen LogP contribution in [-0.2, 0) is 17.8 Å². The average Bonchev–Trinajstić information content (AvgIpc) is 3.43. The summed E-state index contributed by atoms with van der Waals surface area (Å²) in [5.74, 6) is 1.56. The van der Waals surface area contributed by atoms with Crippen molar-refractivity contribution in [1.82, 2.24) is 24.4 Å². The fourth-order valence-electron chi connectivity index (χ4n) is 5.01. The number of imidazole rings is 1. The van der Waals surface area contributed by atoms with Gasteiger partial charge in [0.15, 0.2) is 11.2 Å². The maximum Gasteiger partial charge on any atom is 0.278 e. The van der Waals surface area contributed by atoms with Gasteiger partial charge in [-0.2, -0.15) is 4.98 Å². The number of hydrogen-bond donors (Lipinski definition) is 2. The SMILES string of the molecule is O=c1[nH]c(NCc2ccc(Cl)c(Cl)c2)nc2ncn(CC3CCCC3CN3CCOCC3)c12. The lowest BCUT2D eigenvalue weighted by atomic mass is 9.95. The Labute approximate surface area is 202 Å². The molecule has 2 aliphatic rings. The van der Waals surface area contributed by atoms with Gasteiger partial charge in [-0.3, -0.25) is 14.7 Å². The maximum absolute atomic E-state index is 12.9. The predicted octanol–water partition coefficient (Wildman–Crippen LogP) is 3.79. The molecule has 2 fully saturated rings. The normalized spacial score (nSPS) is 21.6. The van der Waals surface area contributed by atoms with Crippen LogP contribution in [-0.4, -0.2) is 57.3 Å². The molecular formula is C23H28Cl2N6O2. The number of benzene rings is 1. The molecule has 1 aromatic carbocycles. The van der Waals surface area contributed by atoms with Crippen molar-refractivity contribution < 1.29 is 4.74 Å². The fourth-order valence-corrected chi connectivity index (χ4v) is 5.33. The molecule has 0 radical (unpaired) electrons. The Kier molecular flexibility index (Phi) is 6.87. The molecule has 1 saturated heterocycles. The summed E-state index contributed by atoms with van der Waals surface area (Å²) in [5.41, 5.74) is 1.74. The monoisotopic (exact) mass is 490 g/mol. The third-order valence-corrected chi connectivity index (χ3v) is 7.51. The van der Waals surface area contributed by atoms with Gasteiger partial charge in [-0.25, -0.2) is 4.98 Å². The van der Waals surface area contributed by atoms with Gasteiger partial charge in [0.1, 0.15) is 0 Å². The van der Waals surface area contributed by atoms with Crippen LogP contribution in [0.15, 0.2) is 29.3 Å². The molecule has 1 aliphatic heterocycles. The van der Waals surface area contributed by atoms with Crippen molar-refractivity contribution in [3.05, 3.63) is 50.5 Å². The van der Waals surface area contributed by atoms with Gasteiger partial charge < -0.3 is 14.6 Å². The molecule has 2 unspecified atom stereocenters. The van der Waals surface area contributed by atoms with Crippen molar-refractivity contribution in [1.29, 1.82) is 0 Å². The predicted molar refractivity (Wildman–Crippen MR) is 130 cm³/mol. The zero-order valence-electron chi connectivity index (χ0n) is 18.4. The molecule has 176 valence electrons. The highest BCUT2D eigenvalue weighted by molar-refractivity contribution is 6.42. The number of anilines is 1. The molecule has 2 N–H and O–H groups in total. The molecule has 0 bridgehead atoms. The first-order valence-electron chi connectivity index (χ1n) is 11.5. The number of halogens is 2. The van der Waals surface area contributed by atoms with E-state index in [-0.39, 0.29) is 5.56 Å². The third kappa shape index (κ3) is 5.19. The van der Waals surface area contributed by atoms with Crippen molar-refractivity contribution in [2.75, 3.05) is 38.2 Å². The Morgan fingerprint density at radius 3 is 2.70 bits per heavy atom. The summed E-state index contributed by atoms with van der Waals surface area (Å²) >= 11 is 12.1. The van der Waals surface area contributed by atoms with Gasteiger partial charge in [-0.15, -0.1) is 0 Å². The van der Waals surface area contributed by atoms with E-state index in [1.165, 1.54) is 19.3 Å². The van der Waals surface area contributed by atoms with E-state index in [9.17, 15) is 4.79 Å². The van der Waals surface area contributed by atoms with E-state index < -0.39 is 0 Å². The van der Waals surface area contributed by atoms with E-state index in [0.29, 0.717) is 45.5 Å². The Bertz CT molecular complexity index is 1170. The molecule has 0 amide bonds. The number of fused-ring (bicyclic) bond motifs is 1. The second-order valence-electron chi connectivity index (χ2n) is 8.95. The zero-order valence-corrected chi connectivity index (χ0v) is 19.9. The van der Waals surface area contributed by atoms with Crippen LogP contribution in [0.1, 0.15) is 24.8 Å². The van der Waals surface area contributed by atoms with Crippen LogP contribution in [0.4, 0.5) is 5.95 Å². The molecule has 2 atom stereocenters. The summed E-state index contributed by atoms with van der Waals surface area (Å²) in [6.07, 6.45) is 5.42. The summed E-state index contributed by atoms with van der Waals surface area (Å²) in [5, 5.41) is 4.14. The van der Waals surface area contributed by atoms with E-state index in [1.807, 2.05) is 10.6 Å². The van der Waals surface area contributed by atoms with Crippen molar-refractivity contribution in [3.63, 3.8) is 0 Å². The summed E-state index contributed by atoms with van der Waals surface area (Å²) in [7, 11) is 0. The van der Waals surface area contributed by atoms with Gasteiger partial charge in [-0.05, 0) is 42.4 Å². The van der Waals surface area contributed by atoms with Crippen LogP contribution < -0.4 is 10.9 Å². The number of ether oxygens (including phenoxy) is 1. The van der Waals surface area contributed by atoms with E-state index in [0.717, 1.165) is 45.0 Å². The van der Waals surface area contributed by atoms with E-state index >= 15 is 0 Å². The Morgan fingerprint density at radius 1 is 1.12 bits per heavy atom. The molecule has 10 heteroatoms. The van der Waals surface area contributed by atoms with Crippen molar-refractivity contribution >= 4 is 40.3 Å². The first kappa shape index (κ1) is 22.7. The molecule has 1 aliphatic carbocycles. The number of H-pyrrole nitrogens is 1. The van der Waals surface area contributed by atoms with Gasteiger partial charge >= 0.3 is 0 Å². The first-order valence-corrected chi connectivity index (χ1v) is 12.3. The second kappa shape index (κ2) is 10.0. The van der Waals surface area contributed by atoms with E-state index in [2.05, 4.69) is 25.2 Å². The minimum Gasteiger partial charge on any atom is -0.379 e. The van der Waals surface area contributed by atoms with Crippen LogP contribution in [0, 0.1) is 11.8 Å². The molecule has 33 heavy (non-hydrogen) atoms. The molecule has 5 rings (SSSR count). The van der Waals surface area contributed by atoms with Gasteiger partial charge in [0.25, 0.3) is 5.56 Å². The van der Waals surface area contributed by atoms with Crippen LogP contribution in [0.2, 0.25) is 10.0 Å². The summed E-state index contributed by atoms with van der Waals surface area (Å²) < 4.78 is 7.46. The lowest BCUT2D eigenvalue weighted by Crippen LogP contribution is -2.40. The van der Waals surface area contributed by atoms with Crippen LogP contribution in [0.3, 0.4) is 0 Å². The molecule has 1 saturated carbocycles. The average molecular weight is 491 g/mol. The lowest BCUT2D eigenvalue weighted by Gasteiger charge is -2.31. The Hall–Kier alpha value is -2.13. The lowest BCUT2D eigenvalue weighted by molar-refractivity contribution is 0.0272. The van der Waals surface area contributed by atoms with E-state index in [1.54, 1.807) is 18.5 Å². The van der Waals surface area contributed by atoms with Crippen molar-refractivity contribution in [2.45, 2.75) is 32.4 Å². The zero-order chi connectivity index (χ0) is 22.8. The summed E-state index contributed by atoms with van der Waals surface area (Å²) in [6, 6.07) is 5.41. The van der Waals surface area contributed by atoms with Gasteiger partial charge in [-0.1, -0.05) is 35.7 Å². The first-order chi connectivity index (χ1) is 16.1. The number of nitrogens with one attached hydrogen (secondary N) is 2. The number of rotatable bonds is 7. The molecule has 2 aromatic heterocycles. The van der Waals surface area contributed by atoms with Gasteiger partial charge in [0, 0.05) is 32.7 Å². The highest BCUT2D eigenvalue weighted by atomic mass is 35.5. The van der Waals surface area contributed by atoms with Crippen LogP contribution >= 0.6 is 23.2 Å². The second-order valence-corrected chi connectivity index (χ2v) is 9.76. The molecule has 0 spiro atoms. The number of aromatic nitrogens is 4. The summed E-state index contributed by atoms with van der Waals surface area (Å²) in [4.78, 5) is 27.2. The van der Waals surface area contributed by atoms with Gasteiger partial charge in [0.05, 0.1) is 29.6 Å². The number of morpholine rings is 1. The van der Waals surface area contributed by atoms with Crippen molar-refractivity contribution in [3.8, 4) is 0 Å². The highest BCUT2D eigenvalue weighted by Crippen LogP contribution is 2.34. The van der Waals surface area contributed by atoms with Crippen LogP contribution in [0.25, 0.3) is 11.2 Å². The quantitative estimate of drug-likeness (QED) is 0.523. The number of nitrogens with zero attached hydrogens (tertiary/aromatic N) is 4. The fraction of sp³-hybridized carbons (Fsp3) is 0.522. The largest absolute Gasteiger partial charge is 0.379 e.